The number of hydrogen-bond acceptors (Lipinski definition) is 4. The highest BCUT2D eigenvalue weighted by molar-refractivity contribution is 6.10. The molecule has 5 rings (SSSR count). The molecule has 1 fully saturated rings. The largest absolute Gasteiger partial charge is 0.349 e. The van der Waals surface area contributed by atoms with Crippen LogP contribution in [-0.2, 0) is 7.05 Å². The van der Waals surface area contributed by atoms with Crippen LogP contribution in [-0.4, -0.2) is 56.1 Å². The Bertz CT molecular complexity index is 1170. The quantitative estimate of drug-likeness (QED) is 0.571. The minimum Gasteiger partial charge on any atom is -0.349 e. The monoisotopic (exact) mass is 388 g/mol. The number of likely N-dealkylation sites (tertiary alicyclic amines) is 1. The third-order valence-electron chi connectivity index (χ3n) is 5.76. The Labute approximate surface area is 169 Å². The third-order valence-corrected chi connectivity index (χ3v) is 5.76. The number of aromatic nitrogens is 4. The van der Waals surface area contributed by atoms with Crippen molar-refractivity contribution in [2.24, 2.45) is 7.05 Å². The Morgan fingerprint density at radius 3 is 2.62 bits per heavy atom. The van der Waals surface area contributed by atoms with Gasteiger partial charge in [0, 0.05) is 37.9 Å². The Morgan fingerprint density at radius 1 is 1.07 bits per heavy atom. The molecule has 1 saturated heterocycles. The lowest BCUT2D eigenvalue weighted by molar-refractivity contribution is 0.0943. The molecule has 1 amide bonds. The molecule has 4 heterocycles. The van der Waals surface area contributed by atoms with Crippen molar-refractivity contribution < 1.29 is 4.79 Å². The normalized spacial score (nSPS) is 14.8. The van der Waals surface area contributed by atoms with Gasteiger partial charge in [0.2, 0.25) is 5.95 Å². The van der Waals surface area contributed by atoms with Crippen molar-refractivity contribution in [3.63, 3.8) is 0 Å². The van der Waals surface area contributed by atoms with Crippen molar-refractivity contribution in [3.05, 3.63) is 54.5 Å². The second-order valence-corrected chi connectivity index (χ2v) is 7.53. The van der Waals surface area contributed by atoms with E-state index in [1.807, 2.05) is 29.8 Å². The molecule has 7 heteroatoms. The Hall–Kier alpha value is -3.19. The number of nitrogens with one attached hydrogen (secondary N) is 1. The van der Waals surface area contributed by atoms with Crippen molar-refractivity contribution in [2.45, 2.75) is 12.8 Å². The van der Waals surface area contributed by atoms with Gasteiger partial charge < -0.3 is 14.8 Å². The van der Waals surface area contributed by atoms with E-state index in [1.54, 1.807) is 18.5 Å². The summed E-state index contributed by atoms with van der Waals surface area (Å²) in [6, 6.07) is 11.9. The first kappa shape index (κ1) is 17.9. The molecule has 1 aromatic carbocycles. The van der Waals surface area contributed by atoms with Crippen molar-refractivity contribution in [3.8, 4) is 5.95 Å². The van der Waals surface area contributed by atoms with Crippen LogP contribution in [0.3, 0.4) is 0 Å². The van der Waals surface area contributed by atoms with E-state index in [9.17, 15) is 4.79 Å². The molecule has 4 aromatic rings. The molecule has 148 valence electrons. The van der Waals surface area contributed by atoms with Crippen molar-refractivity contribution in [1.82, 2.24) is 29.3 Å². The molecule has 0 saturated carbocycles. The lowest BCUT2D eigenvalue weighted by Gasteiger charge is -2.15. The Morgan fingerprint density at radius 2 is 1.83 bits per heavy atom. The van der Waals surface area contributed by atoms with Gasteiger partial charge in [-0.2, -0.15) is 0 Å². The van der Waals surface area contributed by atoms with E-state index in [1.165, 1.54) is 12.8 Å². The highest BCUT2D eigenvalue weighted by Crippen LogP contribution is 2.32. The lowest BCUT2D eigenvalue weighted by Crippen LogP contribution is -2.34. The summed E-state index contributed by atoms with van der Waals surface area (Å²) in [5.41, 5.74) is 3.62. The second kappa shape index (κ2) is 7.33. The predicted molar refractivity (Wildman–Crippen MR) is 113 cm³/mol. The van der Waals surface area contributed by atoms with Crippen LogP contribution in [0, 0.1) is 0 Å². The number of carbonyl (C=O) groups excluding carboxylic acids is 1. The SMILES string of the molecule is Cn1c2ccccc2c2c1cc(C(=O)NCCN1CCCC1)n2-c1ncccn1. The molecule has 0 aliphatic carbocycles. The molecular formula is C22H24N6O. The molecule has 7 nitrogen and oxygen atoms in total. The smallest absolute Gasteiger partial charge is 0.268 e. The molecule has 1 N–H and O–H groups in total. The molecule has 29 heavy (non-hydrogen) atoms. The van der Waals surface area contributed by atoms with Crippen LogP contribution in [0.1, 0.15) is 23.3 Å². The highest BCUT2D eigenvalue weighted by atomic mass is 16.1. The van der Waals surface area contributed by atoms with Crippen LogP contribution in [0.15, 0.2) is 48.8 Å². The summed E-state index contributed by atoms with van der Waals surface area (Å²) in [5, 5.41) is 4.17. The molecule has 0 spiro atoms. The fourth-order valence-electron chi connectivity index (χ4n) is 4.31. The predicted octanol–water partition coefficient (Wildman–Crippen LogP) is 2.74. The number of carbonyl (C=O) groups is 1. The van der Waals surface area contributed by atoms with Crippen LogP contribution in [0.2, 0.25) is 0 Å². The topological polar surface area (TPSA) is 68.0 Å². The zero-order valence-corrected chi connectivity index (χ0v) is 16.5. The van der Waals surface area contributed by atoms with Crippen LogP contribution >= 0.6 is 0 Å². The first-order chi connectivity index (χ1) is 14.2. The standard InChI is InChI=1S/C22H24N6O/c1-26-17-8-3-2-7-16(17)20-18(26)15-19(28(20)22-24-9-6-10-25-22)21(29)23-11-14-27-12-4-5-13-27/h2-3,6-10,15H,4-5,11-14H2,1H3,(H,23,29). The lowest BCUT2D eigenvalue weighted by atomic mass is 10.2. The summed E-state index contributed by atoms with van der Waals surface area (Å²) in [4.78, 5) is 24.4. The van der Waals surface area contributed by atoms with E-state index >= 15 is 0 Å². The number of benzene rings is 1. The van der Waals surface area contributed by atoms with Gasteiger partial charge in [0.05, 0.1) is 16.6 Å². The summed E-state index contributed by atoms with van der Waals surface area (Å²) in [6.45, 7) is 3.77. The van der Waals surface area contributed by atoms with Crippen LogP contribution < -0.4 is 5.32 Å². The van der Waals surface area contributed by atoms with Crippen molar-refractivity contribution in [2.75, 3.05) is 26.2 Å². The van der Waals surface area contributed by atoms with Gasteiger partial charge in [0.1, 0.15) is 5.69 Å². The van der Waals surface area contributed by atoms with E-state index in [4.69, 9.17) is 0 Å². The maximum Gasteiger partial charge on any atom is 0.268 e. The van der Waals surface area contributed by atoms with E-state index in [2.05, 4.69) is 36.9 Å². The van der Waals surface area contributed by atoms with Gasteiger partial charge >= 0.3 is 0 Å². The third kappa shape index (κ3) is 3.07. The maximum atomic E-state index is 13.1. The summed E-state index contributed by atoms with van der Waals surface area (Å²) in [5.74, 6) is 0.403. The Kier molecular flexibility index (Phi) is 4.52. The van der Waals surface area contributed by atoms with Gasteiger partial charge in [0.25, 0.3) is 5.91 Å². The minimum absolute atomic E-state index is 0.100. The molecule has 0 unspecified atom stereocenters. The van der Waals surface area contributed by atoms with Gasteiger partial charge in [-0.15, -0.1) is 0 Å². The molecular weight excluding hydrogens is 364 g/mol. The summed E-state index contributed by atoms with van der Waals surface area (Å²) < 4.78 is 3.99. The fraction of sp³-hybridized carbons (Fsp3) is 0.318. The first-order valence-electron chi connectivity index (χ1n) is 10.1. The number of aryl methyl sites for hydroxylation is 1. The highest BCUT2D eigenvalue weighted by Gasteiger charge is 2.23. The van der Waals surface area contributed by atoms with Crippen LogP contribution in [0.4, 0.5) is 0 Å². The number of hydrogen-bond donors (Lipinski definition) is 1. The number of para-hydroxylation sites is 1. The number of nitrogens with zero attached hydrogens (tertiary/aromatic N) is 5. The maximum absolute atomic E-state index is 13.1. The van der Waals surface area contributed by atoms with Gasteiger partial charge in [-0.25, -0.2) is 9.97 Å². The number of amides is 1. The van der Waals surface area contributed by atoms with E-state index < -0.39 is 0 Å². The van der Waals surface area contributed by atoms with E-state index in [0.717, 1.165) is 41.6 Å². The first-order valence-corrected chi connectivity index (χ1v) is 10.1. The van der Waals surface area contributed by atoms with Crippen LogP contribution in [0.5, 0.6) is 0 Å². The molecule has 0 radical (unpaired) electrons. The van der Waals surface area contributed by atoms with E-state index in [0.29, 0.717) is 18.2 Å². The minimum atomic E-state index is -0.100. The second-order valence-electron chi connectivity index (χ2n) is 7.53. The number of rotatable bonds is 5. The van der Waals surface area contributed by atoms with Crippen LogP contribution in [0.25, 0.3) is 27.9 Å². The number of fused-ring (bicyclic) bond motifs is 3. The van der Waals surface area contributed by atoms with Gasteiger partial charge in [0.15, 0.2) is 0 Å². The molecule has 3 aromatic heterocycles. The molecule has 0 bridgehead atoms. The molecule has 0 atom stereocenters. The van der Waals surface area contributed by atoms with Gasteiger partial charge in [-0.1, -0.05) is 18.2 Å². The Balaban J connectivity index is 1.57. The summed E-state index contributed by atoms with van der Waals surface area (Å²) in [7, 11) is 2.02. The fourth-order valence-corrected chi connectivity index (χ4v) is 4.31. The van der Waals surface area contributed by atoms with Gasteiger partial charge in [-0.05, 0) is 44.1 Å². The van der Waals surface area contributed by atoms with E-state index in [-0.39, 0.29) is 5.91 Å². The average molecular weight is 388 g/mol. The summed E-state index contributed by atoms with van der Waals surface area (Å²) in [6.07, 6.45) is 5.91. The average Bonchev–Trinajstić information content (AvgIpc) is 3.46. The molecule has 1 aliphatic heterocycles. The van der Waals surface area contributed by atoms with Crippen molar-refractivity contribution >= 4 is 27.8 Å². The zero-order valence-electron chi connectivity index (χ0n) is 16.5. The molecule has 1 aliphatic rings. The zero-order chi connectivity index (χ0) is 19.8. The van der Waals surface area contributed by atoms with Crippen molar-refractivity contribution in [1.29, 1.82) is 0 Å². The summed E-state index contributed by atoms with van der Waals surface area (Å²) >= 11 is 0. The van der Waals surface area contributed by atoms with Gasteiger partial charge in [-0.3, -0.25) is 9.36 Å².